The molecule has 0 saturated carbocycles. The SMILES string of the molecule is COc1cccc(/C=C(/C#N)C(=O)Nc2cccc(Br)c2)c1OC. The summed E-state index contributed by atoms with van der Waals surface area (Å²) in [6, 6.07) is 14.3. The van der Waals surface area contributed by atoms with Crippen LogP contribution in [0.25, 0.3) is 6.08 Å². The molecule has 0 spiro atoms. The molecule has 1 N–H and O–H groups in total. The Morgan fingerprint density at radius 1 is 1.21 bits per heavy atom. The van der Waals surface area contributed by atoms with Gasteiger partial charge >= 0.3 is 0 Å². The number of carbonyl (C=O) groups excluding carboxylic acids is 1. The number of ether oxygens (including phenoxy) is 2. The Morgan fingerprint density at radius 3 is 2.58 bits per heavy atom. The number of halogens is 1. The molecule has 0 fully saturated rings. The van der Waals surface area contributed by atoms with E-state index >= 15 is 0 Å². The van der Waals surface area contributed by atoms with Crippen LogP contribution in [0.5, 0.6) is 11.5 Å². The highest BCUT2D eigenvalue weighted by molar-refractivity contribution is 9.10. The van der Waals surface area contributed by atoms with Crippen LogP contribution in [0.15, 0.2) is 52.5 Å². The summed E-state index contributed by atoms with van der Waals surface area (Å²) in [6.07, 6.45) is 1.47. The molecule has 0 bridgehead atoms. The lowest BCUT2D eigenvalue weighted by molar-refractivity contribution is -0.112. The molecule has 0 aliphatic heterocycles. The summed E-state index contributed by atoms with van der Waals surface area (Å²) in [5, 5.41) is 12.0. The lowest BCUT2D eigenvalue weighted by Gasteiger charge is -2.10. The fraction of sp³-hybridized carbons (Fsp3) is 0.111. The molecular weight excluding hydrogens is 372 g/mol. The standard InChI is InChI=1S/C18H15BrN2O3/c1-23-16-8-3-5-12(17(16)24-2)9-13(11-20)18(22)21-15-7-4-6-14(19)10-15/h3-10H,1-2H3,(H,21,22)/b13-9-. The maximum atomic E-state index is 12.3. The number of nitriles is 1. The minimum absolute atomic E-state index is 0.0403. The molecule has 2 aromatic rings. The summed E-state index contributed by atoms with van der Waals surface area (Å²) >= 11 is 3.33. The molecule has 0 aromatic heterocycles. The van der Waals surface area contributed by atoms with Gasteiger partial charge in [0, 0.05) is 15.7 Å². The number of hydrogen-bond donors (Lipinski definition) is 1. The first-order valence-corrected chi connectivity index (χ1v) is 7.78. The van der Waals surface area contributed by atoms with Crippen molar-refractivity contribution in [3.05, 3.63) is 58.1 Å². The van der Waals surface area contributed by atoms with E-state index in [9.17, 15) is 10.1 Å². The van der Waals surface area contributed by atoms with Crippen molar-refractivity contribution in [2.24, 2.45) is 0 Å². The topological polar surface area (TPSA) is 71.3 Å². The molecule has 0 unspecified atom stereocenters. The molecule has 2 rings (SSSR count). The largest absolute Gasteiger partial charge is 0.493 e. The fourth-order valence-corrected chi connectivity index (χ4v) is 2.49. The second-order valence-corrected chi connectivity index (χ2v) is 5.63. The Bertz CT molecular complexity index is 825. The molecule has 0 heterocycles. The van der Waals surface area contributed by atoms with E-state index in [1.54, 1.807) is 36.4 Å². The molecule has 24 heavy (non-hydrogen) atoms. The molecule has 0 saturated heterocycles. The first-order chi connectivity index (χ1) is 11.6. The first-order valence-electron chi connectivity index (χ1n) is 6.98. The molecular formula is C18H15BrN2O3. The number of amides is 1. The van der Waals surface area contributed by atoms with Gasteiger partial charge < -0.3 is 14.8 Å². The van der Waals surface area contributed by atoms with Gasteiger partial charge in [-0.05, 0) is 30.3 Å². The van der Waals surface area contributed by atoms with Crippen molar-refractivity contribution in [1.82, 2.24) is 0 Å². The Hall–Kier alpha value is -2.78. The predicted molar refractivity (Wildman–Crippen MR) is 95.9 cm³/mol. The zero-order valence-electron chi connectivity index (χ0n) is 13.2. The van der Waals surface area contributed by atoms with E-state index in [1.807, 2.05) is 12.1 Å². The number of nitrogens with zero attached hydrogens (tertiary/aromatic N) is 1. The fourth-order valence-electron chi connectivity index (χ4n) is 2.09. The third kappa shape index (κ3) is 4.15. The smallest absolute Gasteiger partial charge is 0.266 e. The highest BCUT2D eigenvalue weighted by atomic mass is 79.9. The molecule has 0 atom stereocenters. The predicted octanol–water partition coefficient (Wildman–Crippen LogP) is 4.01. The lowest BCUT2D eigenvalue weighted by atomic mass is 10.1. The van der Waals surface area contributed by atoms with Gasteiger partial charge in [-0.3, -0.25) is 4.79 Å². The van der Waals surface area contributed by atoms with Crippen LogP contribution in [0, 0.1) is 11.3 Å². The Balaban J connectivity index is 2.33. The number of nitrogens with one attached hydrogen (secondary N) is 1. The van der Waals surface area contributed by atoms with Crippen molar-refractivity contribution < 1.29 is 14.3 Å². The van der Waals surface area contributed by atoms with Gasteiger partial charge in [-0.15, -0.1) is 0 Å². The Labute approximate surface area is 148 Å². The zero-order chi connectivity index (χ0) is 17.5. The normalized spacial score (nSPS) is 10.7. The number of benzene rings is 2. The Kier molecular flexibility index (Phi) is 5.99. The monoisotopic (exact) mass is 386 g/mol. The third-order valence-corrected chi connectivity index (χ3v) is 3.67. The number of para-hydroxylation sites is 1. The van der Waals surface area contributed by atoms with Crippen LogP contribution in [0.4, 0.5) is 5.69 Å². The van der Waals surface area contributed by atoms with Crippen molar-refractivity contribution in [2.45, 2.75) is 0 Å². The second-order valence-electron chi connectivity index (χ2n) is 4.72. The van der Waals surface area contributed by atoms with Crippen molar-refractivity contribution >= 4 is 33.6 Å². The molecule has 0 aliphatic rings. The van der Waals surface area contributed by atoms with Gasteiger partial charge in [-0.1, -0.05) is 34.1 Å². The van der Waals surface area contributed by atoms with E-state index in [0.29, 0.717) is 22.7 Å². The van der Waals surface area contributed by atoms with Crippen LogP contribution in [0.1, 0.15) is 5.56 Å². The first kappa shape index (κ1) is 17.6. The van der Waals surface area contributed by atoms with E-state index in [0.717, 1.165) is 4.47 Å². The van der Waals surface area contributed by atoms with E-state index in [1.165, 1.54) is 20.3 Å². The van der Waals surface area contributed by atoms with Gasteiger partial charge in [0.15, 0.2) is 11.5 Å². The highest BCUT2D eigenvalue weighted by Crippen LogP contribution is 2.32. The molecule has 6 heteroatoms. The number of hydrogen-bond acceptors (Lipinski definition) is 4. The van der Waals surface area contributed by atoms with E-state index < -0.39 is 5.91 Å². The summed E-state index contributed by atoms with van der Waals surface area (Å²) in [5.41, 5.74) is 1.13. The van der Waals surface area contributed by atoms with Crippen LogP contribution in [-0.4, -0.2) is 20.1 Å². The zero-order valence-corrected chi connectivity index (χ0v) is 14.8. The summed E-state index contributed by atoms with van der Waals surface area (Å²) in [4.78, 5) is 12.3. The molecule has 0 aliphatic carbocycles. The summed E-state index contributed by atoms with van der Waals surface area (Å²) < 4.78 is 11.4. The van der Waals surface area contributed by atoms with Gasteiger partial charge in [-0.25, -0.2) is 0 Å². The van der Waals surface area contributed by atoms with Crippen molar-refractivity contribution in [3.63, 3.8) is 0 Å². The molecule has 5 nitrogen and oxygen atoms in total. The Morgan fingerprint density at radius 2 is 1.96 bits per heavy atom. The van der Waals surface area contributed by atoms with E-state index in [4.69, 9.17) is 9.47 Å². The molecule has 0 radical (unpaired) electrons. The quantitative estimate of drug-likeness (QED) is 0.622. The second kappa shape index (κ2) is 8.18. The van der Waals surface area contributed by atoms with Crippen LogP contribution in [-0.2, 0) is 4.79 Å². The van der Waals surface area contributed by atoms with Crippen LogP contribution in [0.2, 0.25) is 0 Å². The maximum absolute atomic E-state index is 12.3. The van der Waals surface area contributed by atoms with Crippen molar-refractivity contribution in [1.29, 1.82) is 5.26 Å². The third-order valence-electron chi connectivity index (χ3n) is 3.18. The van der Waals surface area contributed by atoms with Gasteiger partial charge in [0.05, 0.1) is 14.2 Å². The van der Waals surface area contributed by atoms with E-state index in [-0.39, 0.29) is 5.57 Å². The number of carbonyl (C=O) groups is 1. The number of methoxy groups -OCH3 is 2. The maximum Gasteiger partial charge on any atom is 0.266 e. The van der Waals surface area contributed by atoms with Crippen molar-refractivity contribution in [2.75, 3.05) is 19.5 Å². The minimum atomic E-state index is -0.500. The molecule has 1 amide bonds. The van der Waals surface area contributed by atoms with Gasteiger partial charge in [0.25, 0.3) is 5.91 Å². The van der Waals surface area contributed by atoms with Gasteiger partial charge in [-0.2, -0.15) is 5.26 Å². The van der Waals surface area contributed by atoms with E-state index in [2.05, 4.69) is 21.2 Å². The average Bonchev–Trinajstić information content (AvgIpc) is 2.59. The average molecular weight is 387 g/mol. The lowest BCUT2D eigenvalue weighted by Crippen LogP contribution is -2.13. The summed E-state index contributed by atoms with van der Waals surface area (Å²) in [6.45, 7) is 0. The molecule has 2 aromatic carbocycles. The number of rotatable bonds is 5. The highest BCUT2D eigenvalue weighted by Gasteiger charge is 2.13. The summed E-state index contributed by atoms with van der Waals surface area (Å²) in [7, 11) is 3.03. The summed E-state index contributed by atoms with van der Waals surface area (Å²) in [5.74, 6) is 0.486. The molecule has 122 valence electrons. The number of anilines is 1. The van der Waals surface area contributed by atoms with Crippen LogP contribution < -0.4 is 14.8 Å². The van der Waals surface area contributed by atoms with Crippen LogP contribution in [0.3, 0.4) is 0 Å². The minimum Gasteiger partial charge on any atom is -0.493 e. The van der Waals surface area contributed by atoms with Gasteiger partial charge in [0.1, 0.15) is 11.6 Å². The van der Waals surface area contributed by atoms with Crippen molar-refractivity contribution in [3.8, 4) is 17.6 Å². The van der Waals surface area contributed by atoms with Gasteiger partial charge in [0.2, 0.25) is 0 Å². The van der Waals surface area contributed by atoms with Crippen LogP contribution >= 0.6 is 15.9 Å².